The molecular formula is C12H22N2S. The molecule has 3 heteroatoms. The summed E-state index contributed by atoms with van der Waals surface area (Å²) in [6.45, 7) is 8.43. The highest BCUT2D eigenvalue weighted by atomic mass is 32.2. The highest BCUT2D eigenvalue weighted by molar-refractivity contribution is 7.99. The summed E-state index contributed by atoms with van der Waals surface area (Å²) in [7, 11) is 0. The van der Waals surface area contributed by atoms with Crippen molar-refractivity contribution in [2.75, 3.05) is 11.0 Å². The molecule has 86 valence electrons. The molecule has 0 bridgehead atoms. The minimum Gasteiger partial charge on any atom is -0.315 e. The van der Waals surface area contributed by atoms with Gasteiger partial charge in [-0.3, -0.25) is 0 Å². The molecule has 0 aliphatic rings. The second kappa shape index (κ2) is 8.60. The van der Waals surface area contributed by atoms with E-state index in [9.17, 15) is 0 Å². The normalized spacial score (nSPS) is 9.47. The van der Waals surface area contributed by atoms with Crippen molar-refractivity contribution in [2.24, 2.45) is 5.92 Å². The summed E-state index contributed by atoms with van der Waals surface area (Å²) in [6.07, 6.45) is 5.04. The summed E-state index contributed by atoms with van der Waals surface area (Å²) in [5.41, 5.74) is 1.31. The molecule has 0 amide bonds. The lowest BCUT2D eigenvalue weighted by molar-refractivity contribution is 0.646. The predicted molar refractivity (Wildman–Crippen MR) is 71.3 cm³/mol. The second-order valence-corrected chi connectivity index (χ2v) is 4.07. The van der Waals surface area contributed by atoms with Crippen molar-refractivity contribution in [3.8, 4) is 0 Å². The number of nitrogens with one attached hydrogen (secondary N) is 1. The van der Waals surface area contributed by atoms with Crippen LogP contribution >= 0.6 is 11.9 Å². The Morgan fingerprint density at radius 1 is 1.33 bits per heavy atom. The van der Waals surface area contributed by atoms with Gasteiger partial charge in [0.15, 0.2) is 0 Å². The average molecular weight is 226 g/mol. The van der Waals surface area contributed by atoms with Crippen LogP contribution in [0.15, 0.2) is 18.3 Å². The van der Waals surface area contributed by atoms with Gasteiger partial charge >= 0.3 is 0 Å². The Labute approximate surface area is 98.0 Å². The molecule has 0 aromatic carbocycles. The molecule has 0 spiro atoms. The summed E-state index contributed by atoms with van der Waals surface area (Å²) in [5, 5.41) is 0. The largest absolute Gasteiger partial charge is 0.315 e. The van der Waals surface area contributed by atoms with Crippen molar-refractivity contribution in [3.63, 3.8) is 0 Å². The van der Waals surface area contributed by atoms with E-state index in [1.165, 1.54) is 5.56 Å². The number of hydrogen-bond acceptors (Lipinski definition) is 3. The molecule has 0 saturated carbocycles. The summed E-state index contributed by atoms with van der Waals surface area (Å²) >= 11 is 1.56. The van der Waals surface area contributed by atoms with Crippen LogP contribution in [0.1, 0.15) is 33.3 Å². The van der Waals surface area contributed by atoms with E-state index in [-0.39, 0.29) is 0 Å². The molecule has 0 aliphatic carbocycles. The lowest BCUT2D eigenvalue weighted by Crippen LogP contribution is -1.96. The molecule has 1 rings (SSSR count). The highest BCUT2D eigenvalue weighted by Gasteiger charge is 1.98. The summed E-state index contributed by atoms with van der Waals surface area (Å²) in [4.78, 5) is 4.29. The predicted octanol–water partition coefficient (Wildman–Crippen LogP) is 4.00. The fourth-order valence-corrected chi connectivity index (χ4v) is 1.51. The van der Waals surface area contributed by atoms with Crippen LogP contribution in [0.3, 0.4) is 0 Å². The first-order valence-electron chi connectivity index (χ1n) is 5.46. The summed E-state index contributed by atoms with van der Waals surface area (Å²) in [5.74, 6) is 1.63. The van der Waals surface area contributed by atoms with Gasteiger partial charge in [-0.2, -0.15) is 0 Å². The molecular weight excluding hydrogens is 204 g/mol. The third kappa shape index (κ3) is 6.39. The van der Waals surface area contributed by atoms with Gasteiger partial charge in [-0.25, -0.2) is 4.98 Å². The van der Waals surface area contributed by atoms with E-state index in [2.05, 4.69) is 29.6 Å². The number of anilines is 1. The van der Waals surface area contributed by atoms with Gasteiger partial charge in [0.25, 0.3) is 0 Å². The Morgan fingerprint density at radius 2 is 2.00 bits per heavy atom. The Bertz CT molecular complexity index is 244. The molecule has 0 aliphatic heterocycles. The third-order valence-electron chi connectivity index (χ3n) is 1.68. The van der Waals surface area contributed by atoms with Crippen molar-refractivity contribution in [1.29, 1.82) is 0 Å². The lowest BCUT2D eigenvalue weighted by atomic mass is 10.1. The first-order valence-corrected chi connectivity index (χ1v) is 6.68. The first kappa shape index (κ1) is 14.3. The van der Waals surface area contributed by atoms with Gasteiger partial charge in [0, 0.05) is 12.5 Å². The van der Waals surface area contributed by atoms with E-state index < -0.39 is 0 Å². The van der Waals surface area contributed by atoms with E-state index in [0.29, 0.717) is 5.92 Å². The first-order chi connectivity index (χ1) is 7.22. The zero-order chi connectivity index (χ0) is 11.7. The van der Waals surface area contributed by atoms with Crippen LogP contribution in [0.25, 0.3) is 0 Å². The van der Waals surface area contributed by atoms with Crippen molar-refractivity contribution >= 4 is 17.8 Å². The standard InChI is InChI=1S/C10H16N2S.C2H6/c1-8(2)6-9-4-5-10(11-7-9)12-13-3;1-2/h4-5,7-8H,6H2,1-3H3,(H,11,12);1-2H3. The van der Waals surface area contributed by atoms with Crippen molar-refractivity contribution in [2.45, 2.75) is 34.1 Å². The van der Waals surface area contributed by atoms with Crippen LogP contribution in [0.2, 0.25) is 0 Å². The number of nitrogens with zero attached hydrogens (tertiary/aromatic N) is 1. The van der Waals surface area contributed by atoms with Gasteiger partial charge in [0.2, 0.25) is 0 Å². The van der Waals surface area contributed by atoms with Gasteiger partial charge in [0.1, 0.15) is 5.82 Å². The van der Waals surface area contributed by atoms with Crippen LogP contribution in [0.4, 0.5) is 5.82 Å². The van der Waals surface area contributed by atoms with Gasteiger partial charge in [0.05, 0.1) is 0 Å². The number of hydrogen-bond donors (Lipinski definition) is 1. The molecule has 1 aromatic rings. The minimum absolute atomic E-state index is 0.696. The van der Waals surface area contributed by atoms with E-state index >= 15 is 0 Å². The molecule has 0 radical (unpaired) electrons. The third-order valence-corrected chi connectivity index (χ3v) is 2.09. The van der Waals surface area contributed by atoms with Crippen LogP contribution in [0.5, 0.6) is 0 Å². The fourth-order valence-electron chi connectivity index (χ4n) is 1.18. The summed E-state index contributed by atoms with van der Waals surface area (Å²) in [6, 6.07) is 4.15. The zero-order valence-electron chi connectivity index (χ0n) is 10.4. The van der Waals surface area contributed by atoms with Crippen LogP contribution in [0, 0.1) is 5.92 Å². The minimum atomic E-state index is 0.696. The van der Waals surface area contributed by atoms with Gasteiger partial charge < -0.3 is 4.72 Å². The highest BCUT2D eigenvalue weighted by Crippen LogP contribution is 2.11. The number of rotatable bonds is 4. The maximum atomic E-state index is 4.29. The Hall–Kier alpha value is -0.700. The molecule has 0 atom stereocenters. The van der Waals surface area contributed by atoms with Crippen LogP contribution < -0.4 is 4.72 Å². The quantitative estimate of drug-likeness (QED) is 0.786. The van der Waals surface area contributed by atoms with Crippen LogP contribution in [-0.2, 0) is 6.42 Å². The van der Waals surface area contributed by atoms with Gasteiger partial charge in [-0.15, -0.1) is 0 Å². The SMILES string of the molecule is CC.CSNc1ccc(CC(C)C)cn1. The second-order valence-electron chi connectivity index (χ2n) is 3.46. The molecule has 0 fully saturated rings. The number of pyridine rings is 1. The molecule has 15 heavy (non-hydrogen) atoms. The average Bonchev–Trinajstić information content (AvgIpc) is 2.24. The molecule has 2 nitrogen and oxygen atoms in total. The topological polar surface area (TPSA) is 24.9 Å². The van der Waals surface area contributed by atoms with E-state index in [0.717, 1.165) is 12.2 Å². The van der Waals surface area contributed by atoms with Crippen molar-refractivity contribution < 1.29 is 0 Å². The van der Waals surface area contributed by atoms with Crippen LogP contribution in [-0.4, -0.2) is 11.2 Å². The maximum Gasteiger partial charge on any atom is 0.135 e. The Balaban J connectivity index is 0.000000921. The zero-order valence-corrected chi connectivity index (χ0v) is 11.2. The Morgan fingerprint density at radius 3 is 2.40 bits per heavy atom. The molecule has 0 unspecified atom stereocenters. The maximum absolute atomic E-state index is 4.29. The monoisotopic (exact) mass is 226 g/mol. The van der Waals surface area contributed by atoms with Gasteiger partial charge in [-0.1, -0.05) is 45.7 Å². The van der Waals surface area contributed by atoms with Crippen molar-refractivity contribution in [1.82, 2.24) is 4.98 Å². The molecule has 1 N–H and O–H groups in total. The molecule has 1 heterocycles. The van der Waals surface area contributed by atoms with Crippen molar-refractivity contribution in [3.05, 3.63) is 23.9 Å². The molecule has 1 aromatic heterocycles. The van der Waals surface area contributed by atoms with E-state index in [4.69, 9.17) is 0 Å². The number of aromatic nitrogens is 1. The molecule has 0 saturated heterocycles. The lowest BCUT2D eigenvalue weighted by Gasteiger charge is -2.05. The van der Waals surface area contributed by atoms with E-state index in [1.807, 2.05) is 32.4 Å². The van der Waals surface area contributed by atoms with Gasteiger partial charge in [-0.05, 0) is 24.0 Å². The Kier molecular flexibility index (Phi) is 8.19. The van der Waals surface area contributed by atoms with E-state index in [1.54, 1.807) is 11.9 Å². The summed E-state index contributed by atoms with van der Waals surface area (Å²) < 4.78 is 3.09. The fraction of sp³-hybridized carbons (Fsp3) is 0.583. The smallest absolute Gasteiger partial charge is 0.135 e.